The molecule has 7 heteroatoms. The van der Waals surface area contributed by atoms with Gasteiger partial charge in [-0.05, 0) is 43.0 Å². The number of benzene rings is 1. The summed E-state index contributed by atoms with van der Waals surface area (Å²) in [5, 5.41) is 3.42. The number of ether oxygens (including phenoxy) is 1. The number of fused-ring (bicyclic) bond motifs is 1. The van der Waals surface area contributed by atoms with Crippen LogP contribution in [-0.2, 0) is 27.3 Å². The van der Waals surface area contributed by atoms with Gasteiger partial charge >= 0.3 is 5.97 Å². The number of carbonyl (C=O) groups excluding carboxylic acids is 3. The Balaban J connectivity index is 1.63. The van der Waals surface area contributed by atoms with E-state index in [0.29, 0.717) is 28.5 Å². The molecule has 160 valence electrons. The van der Waals surface area contributed by atoms with E-state index in [-0.39, 0.29) is 11.8 Å². The summed E-state index contributed by atoms with van der Waals surface area (Å²) in [6.45, 7) is 10.00. The molecule has 0 aliphatic carbocycles. The van der Waals surface area contributed by atoms with Crippen molar-refractivity contribution in [2.24, 2.45) is 5.41 Å². The highest BCUT2D eigenvalue weighted by molar-refractivity contribution is 7.18. The van der Waals surface area contributed by atoms with Gasteiger partial charge in [-0.1, -0.05) is 45.0 Å². The topological polar surface area (TPSA) is 75.7 Å². The van der Waals surface area contributed by atoms with Crippen LogP contribution in [0.15, 0.2) is 30.3 Å². The van der Waals surface area contributed by atoms with Gasteiger partial charge in [0.05, 0.1) is 5.00 Å². The van der Waals surface area contributed by atoms with Crippen molar-refractivity contribution in [2.45, 2.75) is 53.7 Å². The maximum Gasteiger partial charge on any atom is 0.349 e. The number of rotatable bonds is 4. The minimum atomic E-state index is -0.878. The Bertz CT molecular complexity index is 974. The Labute approximate surface area is 181 Å². The minimum Gasteiger partial charge on any atom is -0.448 e. The Kier molecular flexibility index (Phi) is 6.31. The van der Waals surface area contributed by atoms with Crippen LogP contribution in [0.4, 0.5) is 5.00 Å². The fraction of sp³-hybridized carbons (Fsp3) is 0.435. The largest absolute Gasteiger partial charge is 0.448 e. The molecule has 3 rings (SSSR count). The van der Waals surface area contributed by atoms with Gasteiger partial charge in [0.25, 0.3) is 5.91 Å². The Hall–Kier alpha value is -2.67. The SMILES string of the molecule is Cc1cc(NC(=O)C(C)(C)C)sc1C(=O)OC(C)C(=O)N1CCc2ccccc2C1. The molecular weight excluding hydrogens is 400 g/mol. The third kappa shape index (κ3) is 4.90. The second kappa shape index (κ2) is 8.60. The molecule has 0 bridgehead atoms. The van der Waals surface area contributed by atoms with E-state index in [1.165, 1.54) is 5.56 Å². The second-order valence-electron chi connectivity index (χ2n) is 8.65. The molecule has 1 aromatic carbocycles. The first-order chi connectivity index (χ1) is 14.1. The van der Waals surface area contributed by atoms with Crippen LogP contribution in [-0.4, -0.2) is 35.3 Å². The van der Waals surface area contributed by atoms with Crippen LogP contribution < -0.4 is 5.32 Å². The smallest absolute Gasteiger partial charge is 0.349 e. The molecule has 2 amide bonds. The molecular formula is C23H28N2O4S. The average molecular weight is 429 g/mol. The van der Waals surface area contributed by atoms with Gasteiger partial charge in [-0.15, -0.1) is 11.3 Å². The fourth-order valence-electron chi connectivity index (χ4n) is 3.25. The number of nitrogens with zero attached hydrogens (tertiary/aromatic N) is 1. The van der Waals surface area contributed by atoms with E-state index in [4.69, 9.17) is 4.74 Å². The lowest BCUT2D eigenvalue weighted by Crippen LogP contribution is -2.42. The highest BCUT2D eigenvalue weighted by atomic mass is 32.1. The number of esters is 1. The first-order valence-electron chi connectivity index (χ1n) is 10.0. The summed E-state index contributed by atoms with van der Waals surface area (Å²) in [7, 11) is 0. The normalized spacial score (nSPS) is 14.6. The third-order valence-electron chi connectivity index (χ3n) is 5.09. The molecule has 30 heavy (non-hydrogen) atoms. The molecule has 1 aliphatic rings. The lowest BCUT2D eigenvalue weighted by Gasteiger charge is -2.30. The molecule has 1 N–H and O–H groups in total. The number of carbonyl (C=O) groups is 3. The Morgan fingerprint density at radius 1 is 1.17 bits per heavy atom. The van der Waals surface area contributed by atoms with Gasteiger partial charge in [-0.25, -0.2) is 4.79 Å². The molecule has 0 fully saturated rings. The molecule has 0 saturated heterocycles. The predicted octanol–water partition coefficient (Wildman–Crippen LogP) is 4.17. The fourth-order valence-corrected chi connectivity index (χ4v) is 4.20. The van der Waals surface area contributed by atoms with Crippen molar-refractivity contribution in [3.05, 3.63) is 51.9 Å². The monoisotopic (exact) mass is 428 g/mol. The molecule has 0 saturated carbocycles. The van der Waals surface area contributed by atoms with Gasteiger partial charge in [0.1, 0.15) is 4.88 Å². The van der Waals surface area contributed by atoms with Crippen molar-refractivity contribution in [3.63, 3.8) is 0 Å². The summed E-state index contributed by atoms with van der Waals surface area (Å²) in [6, 6.07) is 9.82. The highest BCUT2D eigenvalue weighted by Crippen LogP contribution is 2.29. The zero-order valence-corrected chi connectivity index (χ0v) is 18.9. The van der Waals surface area contributed by atoms with Crippen molar-refractivity contribution in [1.82, 2.24) is 4.90 Å². The molecule has 2 aromatic rings. The molecule has 2 heterocycles. The van der Waals surface area contributed by atoms with E-state index in [1.54, 1.807) is 24.8 Å². The third-order valence-corrected chi connectivity index (χ3v) is 6.23. The van der Waals surface area contributed by atoms with E-state index >= 15 is 0 Å². The molecule has 1 aliphatic heterocycles. The summed E-state index contributed by atoms with van der Waals surface area (Å²) in [6.07, 6.45) is -0.0828. The maximum absolute atomic E-state index is 12.8. The van der Waals surface area contributed by atoms with Crippen LogP contribution in [0.1, 0.15) is 54.1 Å². The lowest BCUT2D eigenvalue weighted by atomic mass is 9.96. The summed E-state index contributed by atoms with van der Waals surface area (Å²) < 4.78 is 5.47. The van der Waals surface area contributed by atoms with Crippen molar-refractivity contribution >= 4 is 34.1 Å². The Morgan fingerprint density at radius 3 is 2.50 bits per heavy atom. The summed E-state index contributed by atoms with van der Waals surface area (Å²) >= 11 is 1.16. The molecule has 6 nitrogen and oxygen atoms in total. The molecule has 0 spiro atoms. The van der Waals surface area contributed by atoms with Crippen molar-refractivity contribution in [3.8, 4) is 0 Å². The van der Waals surface area contributed by atoms with Gasteiger partial charge in [0.2, 0.25) is 5.91 Å². The van der Waals surface area contributed by atoms with Crippen LogP contribution in [0.2, 0.25) is 0 Å². The average Bonchev–Trinajstić information content (AvgIpc) is 3.06. The van der Waals surface area contributed by atoms with Gasteiger partial charge in [0.15, 0.2) is 6.10 Å². The van der Waals surface area contributed by atoms with E-state index in [0.717, 1.165) is 23.3 Å². The van der Waals surface area contributed by atoms with Crippen molar-refractivity contribution in [2.75, 3.05) is 11.9 Å². The first kappa shape index (κ1) is 22.0. The van der Waals surface area contributed by atoms with Crippen LogP contribution in [0.5, 0.6) is 0 Å². The quantitative estimate of drug-likeness (QED) is 0.742. The van der Waals surface area contributed by atoms with Gasteiger partial charge in [-0.2, -0.15) is 0 Å². The van der Waals surface area contributed by atoms with Gasteiger partial charge in [-0.3, -0.25) is 9.59 Å². The second-order valence-corrected chi connectivity index (χ2v) is 9.71. The number of nitrogens with one attached hydrogen (secondary N) is 1. The Morgan fingerprint density at radius 2 is 1.83 bits per heavy atom. The van der Waals surface area contributed by atoms with Gasteiger partial charge in [0, 0.05) is 18.5 Å². The van der Waals surface area contributed by atoms with Gasteiger partial charge < -0.3 is 15.0 Å². The van der Waals surface area contributed by atoms with E-state index < -0.39 is 17.5 Å². The molecule has 1 aromatic heterocycles. The molecule has 1 unspecified atom stereocenters. The highest BCUT2D eigenvalue weighted by Gasteiger charge is 2.29. The summed E-state index contributed by atoms with van der Waals surface area (Å²) in [5.74, 6) is -0.877. The number of anilines is 1. The predicted molar refractivity (Wildman–Crippen MR) is 118 cm³/mol. The van der Waals surface area contributed by atoms with Crippen LogP contribution in [0.25, 0.3) is 0 Å². The molecule has 1 atom stereocenters. The summed E-state index contributed by atoms with van der Waals surface area (Å²) in [4.78, 5) is 39.8. The van der Waals surface area contributed by atoms with E-state index in [2.05, 4.69) is 11.4 Å². The van der Waals surface area contributed by atoms with Crippen LogP contribution in [0.3, 0.4) is 0 Å². The number of hydrogen-bond acceptors (Lipinski definition) is 5. The van der Waals surface area contributed by atoms with Crippen LogP contribution in [0, 0.1) is 12.3 Å². The lowest BCUT2D eigenvalue weighted by molar-refractivity contribution is -0.140. The summed E-state index contributed by atoms with van der Waals surface area (Å²) in [5.41, 5.74) is 2.56. The number of aryl methyl sites for hydroxylation is 1. The number of hydrogen-bond donors (Lipinski definition) is 1. The minimum absolute atomic E-state index is 0.127. The number of thiophene rings is 1. The number of amides is 2. The van der Waals surface area contributed by atoms with E-state index in [1.807, 2.05) is 39.0 Å². The van der Waals surface area contributed by atoms with E-state index in [9.17, 15) is 14.4 Å². The first-order valence-corrected chi connectivity index (χ1v) is 10.9. The maximum atomic E-state index is 12.8. The zero-order chi connectivity index (χ0) is 22.1. The molecule has 0 radical (unpaired) electrons. The van der Waals surface area contributed by atoms with Crippen LogP contribution >= 0.6 is 11.3 Å². The zero-order valence-electron chi connectivity index (χ0n) is 18.1. The van der Waals surface area contributed by atoms with Crippen molar-refractivity contribution < 1.29 is 19.1 Å². The van der Waals surface area contributed by atoms with Crippen molar-refractivity contribution in [1.29, 1.82) is 0 Å². The standard InChI is InChI=1S/C23H28N2O4S/c1-14-12-18(24-22(28)23(3,4)5)30-19(14)21(27)29-15(2)20(26)25-11-10-16-8-6-7-9-17(16)13-25/h6-9,12,15H,10-11,13H2,1-5H3,(H,24,28).